The molecule has 0 aliphatic heterocycles. The van der Waals surface area contributed by atoms with Gasteiger partial charge >= 0.3 is 13.7 Å². The Bertz CT molecular complexity index is 290. The third kappa shape index (κ3) is 8.50. The number of carbonyl (C=O) groups is 1. The molecule has 0 bridgehead atoms. The number of hydrogen-bond acceptors (Lipinski definition) is 5. The number of carbonyl (C=O) groups excluding carboxylic acids is 1. The van der Waals surface area contributed by atoms with Gasteiger partial charge in [-0.2, -0.15) is 0 Å². The summed E-state index contributed by atoms with van der Waals surface area (Å²) in [6.07, 6.45) is -0.407. The Kier molecular flexibility index (Phi) is 7.52. The van der Waals surface area contributed by atoms with E-state index < -0.39 is 19.3 Å². The van der Waals surface area contributed by atoms with Crippen LogP contribution in [0.2, 0.25) is 0 Å². The van der Waals surface area contributed by atoms with Crippen LogP contribution in [-0.2, 0) is 18.3 Å². The van der Waals surface area contributed by atoms with Crippen molar-refractivity contribution in [3.63, 3.8) is 0 Å². The normalized spacial score (nSPS) is 12.3. The maximum atomic E-state index is 12.0. The summed E-state index contributed by atoms with van der Waals surface area (Å²) < 4.78 is 27.3. The van der Waals surface area contributed by atoms with Gasteiger partial charge < -0.3 is 19.1 Å². The lowest BCUT2D eigenvalue weighted by Crippen LogP contribution is -2.34. The average Bonchev–Trinajstić information content (AvgIpc) is 2.14. The molecule has 0 spiro atoms. The van der Waals surface area contributed by atoms with E-state index in [2.05, 4.69) is 5.32 Å². The molecular formula is C11H24NO5P. The Morgan fingerprint density at radius 3 is 2.06 bits per heavy atom. The van der Waals surface area contributed by atoms with Gasteiger partial charge in [0.15, 0.2) is 0 Å². The lowest BCUT2D eigenvalue weighted by Gasteiger charge is -2.20. The average molecular weight is 281 g/mol. The Morgan fingerprint density at radius 2 is 1.67 bits per heavy atom. The van der Waals surface area contributed by atoms with Crippen LogP contribution in [0.5, 0.6) is 0 Å². The molecule has 0 saturated heterocycles. The molecule has 0 rings (SSSR count). The maximum absolute atomic E-state index is 12.0. The van der Waals surface area contributed by atoms with Gasteiger partial charge in [0.05, 0.1) is 19.4 Å². The van der Waals surface area contributed by atoms with E-state index >= 15 is 0 Å². The molecule has 7 heteroatoms. The third-order valence-corrected chi connectivity index (χ3v) is 3.78. The predicted octanol–water partition coefficient (Wildman–Crippen LogP) is 2.78. The second kappa shape index (κ2) is 7.77. The summed E-state index contributed by atoms with van der Waals surface area (Å²) in [4.78, 5) is 11.4. The van der Waals surface area contributed by atoms with Gasteiger partial charge in [-0.1, -0.05) is 0 Å². The highest BCUT2D eigenvalue weighted by Crippen LogP contribution is 2.47. The van der Waals surface area contributed by atoms with E-state index in [4.69, 9.17) is 13.8 Å². The molecule has 0 aliphatic carbocycles. The van der Waals surface area contributed by atoms with Crippen molar-refractivity contribution in [3.05, 3.63) is 0 Å². The number of ether oxygens (including phenoxy) is 1. The monoisotopic (exact) mass is 281 g/mol. The molecule has 1 amide bonds. The minimum Gasteiger partial charge on any atom is -0.444 e. The molecule has 0 unspecified atom stereocenters. The van der Waals surface area contributed by atoms with Gasteiger partial charge in [-0.15, -0.1) is 0 Å². The SMILES string of the molecule is CCOP(=O)(CCNC(=O)OC(C)(C)C)OCC. The fourth-order valence-corrected chi connectivity index (χ4v) is 2.67. The van der Waals surface area contributed by atoms with Gasteiger partial charge in [-0.25, -0.2) is 4.79 Å². The van der Waals surface area contributed by atoms with Gasteiger partial charge in [0, 0.05) is 6.54 Å². The lowest BCUT2D eigenvalue weighted by molar-refractivity contribution is 0.0530. The fraction of sp³-hybridized carbons (Fsp3) is 0.909. The number of amides is 1. The first-order valence-electron chi connectivity index (χ1n) is 6.07. The van der Waals surface area contributed by atoms with E-state index in [9.17, 15) is 9.36 Å². The summed E-state index contributed by atoms with van der Waals surface area (Å²) in [7, 11) is -3.10. The third-order valence-electron chi connectivity index (χ3n) is 1.71. The van der Waals surface area contributed by atoms with Crippen molar-refractivity contribution in [2.45, 2.75) is 40.2 Å². The van der Waals surface area contributed by atoms with Crippen LogP contribution in [-0.4, -0.2) is 37.6 Å². The first-order valence-corrected chi connectivity index (χ1v) is 7.80. The highest BCUT2D eigenvalue weighted by Gasteiger charge is 2.24. The number of alkyl carbamates (subject to hydrolysis) is 1. The van der Waals surface area contributed by atoms with Crippen LogP contribution in [0.4, 0.5) is 4.79 Å². The van der Waals surface area contributed by atoms with Crippen LogP contribution < -0.4 is 5.32 Å². The summed E-state index contributed by atoms with van der Waals surface area (Å²) in [5, 5.41) is 2.52. The number of hydrogen-bond donors (Lipinski definition) is 1. The van der Waals surface area contributed by atoms with Crippen molar-refractivity contribution >= 4 is 13.7 Å². The van der Waals surface area contributed by atoms with Gasteiger partial charge in [-0.3, -0.25) is 4.57 Å². The molecule has 0 aromatic heterocycles. The molecule has 0 aromatic rings. The highest BCUT2D eigenvalue weighted by molar-refractivity contribution is 7.53. The van der Waals surface area contributed by atoms with Crippen LogP contribution in [0.1, 0.15) is 34.6 Å². The molecule has 0 saturated carbocycles. The summed E-state index contributed by atoms with van der Waals surface area (Å²) >= 11 is 0. The fourth-order valence-electron chi connectivity index (χ4n) is 1.17. The van der Waals surface area contributed by atoms with Crippen LogP contribution >= 0.6 is 7.60 Å². The molecule has 0 fully saturated rings. The van der Waals surface area contributed by atoms with Gasteiger partial charge in [0.25, 0.3) is 0 Å². The van der Waals surface area contributed by atoms with Crippen molar-refractivity contribution in [2.24, 2.45) is 0 Å². The molecule has 0 aliphatic rings. The molecule has 0 heterocycles. The van der Waals surface area contributed by atoms with Crippen LogP contribution in [0.25, 0.3) is 0 Å². The largest absolute Gasteiger partial charge is 0.444 e. The molecular weight excluding hydrogens is 257 g/mol. The molecule has 18 heavy (non-hydrogen) atoms. The number of nitrogens with one attached hydrogen (secondary N) is 1. The Morgan fingerprint density at radius 1 is 1.17 bits per heavy atom. The van der Waals surface area contributed by atoms with E-state index in [0.29, 0.717) is 13.2 Å². The quantitative estimate of drug-likeness (QED) is 0.726. The predicted molar refractivity (Wildman–Crippen MR) is 70.0 cm³/mol. The van der Waals surface area contributed by atoms with Crippen molar-refractivity contribution in [1.29, 1.82) is 0 Å². The van der Waals surface area contributed by atoms with Crippen molar-refractivity contribution in [2.75, 3.05) is 25.9 Å². The second-order valence-corrected chi connectivity index (χ2v) is 6.78. The minimum absolute atomic E-state index is 0.133. The topological polar surface area (TPSA) is 73.9 Å². The number of rotatable bonds is 7. The molecule has 0 radical (unpaired) electrons. The lowest BCUT2D eigenvalue weighted by atomic mass is 10.2. The molecule has 0 atom stereocenters. The molecule has 0 aromatic carbocycles. The zero-order valence-electron chi connectivity index (χ0n) is 11.8. The minimum atomic E-state index is -3.10. The van der Waals surface area contributed by atoms with Crippen LogP contribution in [0, 0.1) is 0 Å². The van der Waals surface area contributed by atoms with Crippen LogP contribution in [0.15, 0.2) is 0 Å². The highest BCUT2D eigenvalue weighted by atomic mass is 31.2. The summed E-state index contributed by atoms with van der Waals surface area (Å²) in [6.45, 7) is 9.62. The zero-order valence-corrected chi connectivity index (χ0v) is 12.7. The van der Waals surface area contributed by atoms with E-state index in [1.54, 1.807) is 34.6 Å². The molecule has 6 nitrogen and oxygen atoms in total. The second-order valence-electron chi connectivity index (χ2n) is 4.60. The first kappa shape index (κ1) is 17.4. The molecule has 108 valence electrons. The van der Waals surface area contributed by atoms with E-state index in [0.717, 1.165) is 0 Å². The van der Waals surface area contributed by atoms with Gasteiger partial charge in [-0.05, 0) is 34.6 Å². The zero-order chi connectivity index (χ0) is 14.2. The Hall–Kier alpha value is -0.580. The van der Waals surface area contributed by atoms with E-state index in [1.165, 1.54) is 0 Å². The van der Waals surface area contributed by atoms with E-state index in [-0.39, 0.29) is 12.7 Å². The molecule has 1 N–H and O–H groups in total. The van der Waals surface area contributed by atoms with Gasteiger partial charge in [0.2, 0.25) is 0 Å². The maximum Gasteiger partial charge on any atom is 0.407 e. The Balaban J connectivity index is 4.07. The standard InChI is InChI=1S/C11H24NO5P/c1-6-15-18(14,16-7-2)9-8-12-10(13)17-11(3,4)5/h6-9H2,1-5H3,(H,12,13). The summed E-state index contributed by atoms with van der Waals surface area (Å²) in [5.74, 6) is 0. The van der Waals surface area contributed by atoms with E-state index in [1.807, 2.05) is 0 Å². The summed E-state index contributed by atoms with van der Waals surface area (Å²) in [6, 6.07) is 0. The summed E-state index contributed by atoms with van der Waals surface area (Å²) in [5.41, 5.74) is -0.548. The van der Waals surface area contributed by atoms with Gasteiger partial charge in [0.1, 0.15) is 5.60 Å². The van der Waals surface area contributed by atoms with Crippen molar-refractivity contribution in [1.82, 2.24) is 5.32 Å². The smallest absolute Gasteiger partial charge is 0.407 e. The van der Waals surface area contributed by atoms with Crippen molar-refractivity contribution < 1.29 is 23.1 Å². The van der Waals surface area contributed by atoms with Crippen molar-refractivity contribution in [3.8, 4) is 0 Å². The first-order chi connectivity index (χ1) is 8.22. The Labute approximate surface area is 109 Å². The van der Waals surface area contributed by atoms with Crippen LogP contribution in [0.3, 0.4) is 0 Å².